The van der Waals surface area contributed by atoms with Gasteiger partial charge in [0.2, 0.25) is 5.95 Å². The van der Waals surface area contributed by atoms with E-state index in [4.69, 9.17) is 4.74 Å². The largest absolute Gasteiger partial charge is 0.463 e. The molecule has 19 heavy (non-hydrogen) atoms. The molecule has 0 saturated heterocycles. The number of rotatable bonds is 6. The third kappa shape index (κ3) is 4.76. The normalized spacial score (nSPS) is 12.9. The highest BCUT2D eigenvalue weighted by Gasteiger charge is 2.38. The van der Waals surface area contributed by atoms with E-state index in [2.05, 4.69) is 25.0 Å². The standard InChI is InChI=1S/C10H15F3N4O2/c1-4-5-18-8-15-7(14-3)16-9(17-8)19-6(2)10(11,12)13/h6H,4-5H2,1-3H3,(H,14,15,16,17). The van der Waals surface area contributed by atoms with Crippen LogP contribution >= 0.6 is 0 Å². The van der Waals surface area contributed by atoms with E-state index in [-0.39, 0.29) is 12.0 Å². The third-order valence-electron chi connectivity index (χ3n) is 2.00. The summed E-state index contributed by atoms with van der Waals surface area (Å²) in [5.41, 5.74) is 0. The van der Waals surface area contributed by atoms with Crippen LogP contribution in [-0.4, -0.2) is 40.9 Å². The average molecular weight is 280 g/mol. The summed E-state index contributed by atoms with van der Waals surface area (Å²) < 4.78 is 46.9. The van der Waals surface area contributed by atoms with Gasteiger partial charge in [-0.15, -0.1) is 4.98 Å². The van der Waals surface area contributed by atoms with Crippen LogP contribution in [0.3, 0.4) is 0 Å². The lowest BCUT2D eigenvalue weighted by atomic mass is 10.4. The maximum absolute atomic E-state index is 12.4. The van der Waals surface area contributed by atoms with Crippen molar-refractivity contribution >= 4 is 5.95 Å². The molecule has 0 saturated carbocycles. The zero-order chi connectivity index (χ0) is 14.5. The topological polar surface area (TPSA) is 69.2 Å². The number of hydrogen-bond donors (Lipinski definition) is 1. The molecule has 1 rings (SSSR count). The molecule has 0 radical (unpaired) electrons. The van der Waals surface area contributed by atoms with Crippen LogP contribution in [-0.2, 0) is 0 Å². The second kappa shape index (κ2) is 6.39. The number of aromatic nitrogens is 3. The number of halogens is 3. The Morgan fingerprint density at radius 2 is 1.84 bits per heavy atom. The SMILES string of the molecule is CCCOc1nc(NC)nc(OC(C)C(F)(F)F)n1. The second-order valence-corrected chi connectivity index (χ2v) is 3.62. The Balaban J connectivity index is 2.87. The van der Waals surface area contributed by atoms with Crippen molar-refractivity contribution in [2.45, 2.75) is 32.5 Å². The van der Waals surface area contributed by atoms with E-state index in [1.165, 1.54) is 7.05 Å². The van der Waals surface area contributed by atoms with E-state index >= 15 is 0 Å². The summed E-state index contributed by atoms with van der Waals surface area (Å²) in [6.45, 7) is 3.10. The quantitative estimate of drug-likeness (QED) is 0.860. The highest BCUT2D eigenvalue weighted by Crippen LogP contribution is 2.24. The molecule has 0 amide bonds. The van der Waals surface area contributed by atoms with Gasteiger partial charge in [0.15, 0.2) is 6.10 Å². The number of anilines is 1. The zero-order valence-corrected chi connectivity index (χ0v) is 10.8. The second-order valence-electron chi connectivity index (χ2n) is 3.62. The molecule has 0 aliphatic carbocycles. The molecule has 0 aliphatic heterocycles. The maximum atomic E-state index is 12.4. The van der Waals surface area contributed by atoms with Crippen molar-refractivity contribution in [2.75, 3.05) is 19.0 Å². The van der Waals surface area contributed by atoms with Crippen LogP contribution in [0.25, 0.3) is 0 Å². The van der Waals surface area contributed by atoms with Crippen LogP contribution in [0.1, 0.15) is 20.3 Å². The first-order chi connectivity index (χ1) is 8.86. The Morgan fingerprint density at radius 3 is 2.37 bits per heavy atom. The van der Waals surface area contributed by atoms with Gasteiger partial charge in [-0.05, 0) is 13.3 Å². The minimum atomic E-state index is -4.49. The highest BCUT2D eigenvalue weighted by molar-refractivity contribution is 5.26. The predicted octanol–water partition coefficient (Wildman–Crippen LogP) is 2.03. The first-order valence-electron chi connectivity index (χ1n) is 5.66. The Hall–Kier alpha value is -1.80. The molecule has 0 fully saturated rings. The van der Waals surface area contributed by atoms with Crippen LogP contribution in [0.15, 0.2) is 0 Å². The van der Waals surface area contributed by atoms with Gasteiger partial charge in [-0.3, -0.25) is 0 Å². The van der Waals surface area contributed by atoms with Gasteiger partial charge in [-0.1, -0.05) is 6.92 Å². The lowest BCUT2D eigenvalue weighted by molar-refractivity contribution is -0.190. The van der Waals surface area contributed by atoms with E-state index < -0.39 is 18.3 Å². The van der Waals surface area contributed by atoms with Crippen molar-refractivity contribution in [3.05, 3.63) is 0 Å². The molecular weight excluding hydrogens is 265 g/mol. The molecule has 0 aliphatic rings. The van der Waals surface area contributed by atoms with E-state index in [0.29, 0.717) is 6.61 Å². The Morgan fingerprint density at radius 1 is 1.21 bits per heavy atom. The van der Waals surface area contributed by atoms with Gasteiger partial charge < -0.3 is 14.8 Å². The fourth-order valence-electron chi connectivity index (χ4n) is 0.985. The Kier molecular flexibility index (Phi) is 5.13. The van der Waals surface area contributed by atoms with Gasteiger partial charge in [-0.25, -0.2) is 0 Å². The molecule has 0 aromatic carbocycles. The molecule has 1 heterocycles. The van der Waals surface area contributed by atoms with Crippen LogP contribution in [0.4, 0.5) is 19.1 Å². The monoisotopic (exact) mass is 280 g/mol. The summed E-state index contributed by atoms with van der Waals surface area (Å²) in [6, 6.07) is -0.513. The van der Waals surface area contributed by atoms with E-state index in [1.54, 1.807) is 0 Å². The van der Waals surface area contributed by atoms with Gasteiger partial charge in [0.05, 0.1) is 6.61 Å². The summed E-state index contributed by atoms with van der Waals surface area (Å²) in [7, 11) is 1.52. The molecule has 1 unspecified atom stereocenters. The van der Waals surface area contributed by atoms with Gasteiger partial charge in [0.1, 0.15) is 0 Å². The van der Waals surface area contributed by atoms with Crippen molar-refractivity contribution in [3.8, 4) is 12.0 Å². The minimum absolute atomic E-state index is 0.0745. The average Bonchev–Trinajstić information content (AvgIpc) is 2.34. The summed E-state index contributed by atoms with van der Waals surface area (Å²) >= 11 is 0. The molecule has 1 N–H and O–H groups in total. The third-order valence-corrected chi connectivity index (χ3v) is 2.00. The van der Waals surface area contributed by atoms with Crippen molar-refractivity contribution in [1.82, 2.24) is 15.0 Å². The van der Waals surface area contributed by atoms with Gasteiger partial charge in [0, 0.05) is 7.05 Å². The van der Waals surface area contributed by atoms with Gasteiger partial charge in [-0.2, -0.15) is 23.1 Å². The molecule has 1 aromatic rings. The van der Waals surface area contributed by atoms with E-state index in [1.807, 2.05) is 6.92 Å². The number of hydrogen-bond acceptors (Lipinski definition) is 6. The van der Waals surface area contributed by atoms with Crippen molar-refractivity contribution < 1.29 is 22.6 Å². The molecule has 0 bridgehead atoms. The number of nitrogens with zero attached hydrogens (tertiary/aromatic N) is 3. The lowest BCUT2D eigenvalue weighted by Crippen LogP contribution is -2.31. The zero-order valence-electron chi connectivity index (χ0n) is 10.8. The number of ether oxygens (including phenoxy) is 2. The van der Waals surface area contributed by atoms with Gasteiger partial charge in [0.25, 0.3) is 0 Å². The maximum Gasteiger partial charge on any atom is 0.425 e. The fraction of sp³-hybridized carbons (Fsp3) is 0.700. The van der Waals surface area contributed by atoms with Gasteiger partial charge >= 0.3 is 18.2 Å². The van der Waals surface area contributed by atoms with Crippen LogP contribution in [0.2, 0.25) is 0 Å². The molecule has 1 aromatic heterocycles. The smallest absolute Gasteiger partial charge is 0.425 e. The van der Waals surface area contributed by atoms with E-state index in [9.17, 15) is 13.2 Å². The first-order valence-corrected chi connectivity index (χ1v) is 5.66. The first kappa shape index (κ1) is 15.3. The van der Waals surface area contributed by atoms with E-state index in [0.717, 1.165) is 13.3 Å². The molecular formula is C10H15F3N4O2. The van der Waals surface area contributed by atoms with Crippen LogP contribution in [0.5, 0.6) is 12.0 Å². The summed E-state index contributed by atoms with van der Waals surface area (Å²) in [5, 5.41) is 2.59. The van der Waals surface area contributed by atoms with Crippen molar-refractivity contribution in [2.24, 2.45) is 0 Å². The summed E-state index contributed by atoms with van der Waals surface area (Å²) in [6.07, 6.45) is -5.79. The Bertz CT molecular complexity index is 414. The molecule has 6 nitrogen and oxygen atoms in total. The minimum Gasteiger partial charge on any atom is -0.463 e. The number of nitrogens with one attached hydrogen (secondary N) is 1. The summed E-state index contributed by atoms with van der Waals surface area (Å²) in [4.78, 5) is 11.2. The Labute approximate surface area is 108 Å². The van der Waals surface area contributed by atoms with Crippen molar-refractivity contribution in [1.29, 1.82) is 0 Å². The predicted molar refractivity (Wildman–Crippen MR) is 61.3 cm³/mol. The molecule has 9 heteroatoms. The van der Waals surface area contributed by atoms with Crippen LogP contribution in [0, 0.1) is 0 Å². The molecule has 0 spiro atoms. The van der Waals surface area contributed by atoms with Crippen LogP contribution < -0.4 is 14.8 Å². The highest BCUT2D eigenvalue weighted by atomic mass is 19.4. The molecule has 108 valence electrons. The molecule has 1 atom stereocenters. The van der Waals surface area contributed by atoms with Crippen molar-refractivity contribution in [3.63, 3.8) is 0 Å². The summed E-state index contributed by atoms with van der Waals surface area (Å²) in [5.74, 6) is 0.0745. The lowest BCUT2D eigenvalue weighted by Gasteiger charge is -2.16. The fourth-order valence-corrected chi connectivity index (χ4v) is 0.985. The number of alkyl halides is 3.